The standard InChI is InChI=1S/C14H15N3O3S/c1-2-11(21-14-15-8-7-12(19)17-14)13(20)16-9-3-5-10(18)6-4-9/h3-8,11,18H,2H2,1H3,(H,16,20)(H,15,17,19). The Labute approximate surface area is 125 Å². The minimum atomic E-state index is -0.371. The highest BCUT2D eigenvalue weighted by atomic mass is 32.2. The quantitative estimate of drug-likeness (QED) is 0.446. The number of nitrogens with zero attached hydrogens (tertiary/aromatic N) is 1. The van der Waals surface area contributed by atoms with Gasteiger partial charge in [0.2, 0.25) is 5.91 Å². The number of amides is 1. The van der Waals surface area contributed by atoms with Crippen LogP contribution in [0.1, 0.15) is 13.3 Å². The lowest BCUT2D eigenvalue weighted by Crippen LogP contribution is -2.25. The normalized spacial score (nSPS) is 11.9. The summed E-state index contributed by atoms with van der Waals surface area (Å²) >= 11 is 1.21. The molecule has 0 saturated heterocycles. The maximum Gasteiger partial charge on any atom is 0.251 e. The summed E-state index contributed by atoms with van der Waals surface area (Å²) in [5.74, 6) is -0.0415. The van der Waals surface area contributed by atoms with Gasteiger partial charge in [-0.15, -0.1) is 0 Å². The number of aromatic amines is 1. The number of hydrogen-bond acceptors (Lipinski definition) is 5. The van der Waals surface area contributed by atoms with E-state index in [-0.39, 0.29) is 22.5 Å². The van der Waals surface area contributed by atoms with Crippen LogP contribution in [0, 0.1) is 0 Å². The van der Waals surface area contributed by atoms with E-state index < -0.39 is 0 Å². The number of anilines is 1. The largest absolute Gasteiger partial charge is 0.508 e. The number of aromatic nitrogens is 2. The zero-order valence-corrected chi connectivity index (χ0v) is 12.2. The minimum absolute atomic E-state index is 0.139. The van der Waals surface area contributed by atoms with Crippen LogP contribution in [0.5, 0.6) is 5.75 Å². The Morgan fingerprint density at radius 3 is 2.71 bits per heavy atom. The number of thioether (sulfide) groups is 1. The van der Waals surface area contributed by atoms with Gasteiger partial charge in [-0.05, 0) is 30.7 Å². The summed E-state index contributed by atoms with van der Waals surface area (Å²) in [6.45, 7) is 1.88. The summed E-state index contributed by atoms with van der Waals surface area (Å²) < 4.78 is 0. The molecule has 3 N–H and O–H groups in total. The highest BCUT2D eigenvalue weighted by Crippen LogP contribution is 2.23. The van der Waals surface area contributed by atoms with Gasteiger partial charge in [0, 0.05) is 18.0 Å². The monoisotopic (exact) mass is 305 g/mol. The fourth-order valence-electron chi connectivity index (χ4n) is 1.64. The Hall–Kier alpha value is -2.28. The van der Waals surface area contributed by atoms with E-state index >= 15 is 0 Å². The predicted molar refractivity (Wildman–Crippen MR) is 81.5 cm³/mol. The number of aromatic hydroxyl groups is 1. The fraction of sp³-hybridized carbons (Fsp3) is 0.214. The number of hydrogen-bond donors (Lipinski definition) is 3. The third-order valence-electron chi connectivity index (χ3n) is 2.70. The lowest BCUT2D eigenvalue weighted by atomic mass is 10.2. The van der Waals surface area contributed by atoms with E-state index in [9.17, 15) is 14.7 Å². The topological polar surface area (TPSA) is 95.1 Å². The average molecular weight is 305 g/mol. The van der Waals surface area contributed by atoms with Gasteiger partial charge >= 0.3 is 0 Å². The molecular weight excluding hydrogens is 290 g/mol. The van der Waals surface area contributed by atoms with Crippen molar-refractivity contribution in [3.05, 3.63) is 46.9 Å². The molecule has 0 aliphatic rings. The third-order valence-corrected chi connectivity index (χ3v) is 3.96. The molecule has 1 amide bonds. The highest BCUT2D eigenvalue weighted by molar-refractivity contribution is 8.00. The first-order valence-electron chi connectivity index (χ1n) is 6.40. The summed E-state index contributed by atoms with van der Waals surface area (Å²) in [6, 6.07) is 7.56. The smallest absolute Gasteiger partial charge is 0.251 e. The van der Waals surface area contributed by atoms with Crippen molar-refractivity contribution in [3.8, 4) is 5.75 Å². The van der Waals surface area contributed by atoms with Crippen molar-refractivity contribution in [1.29, 1.82) is 0 Å². The van der Waals surface area contributed by atoms with E-state index in [2.05, 4.69) is 15.3 Å². The lowest BCUT2D eigenvalue weighted by Gasteiger charge is -2.13. The SMILES string of the molecule is CCC(Sc1nccc(=O)[nH]1)C(=O)Nc1ccc(O)cc1. The minimum Gasteiger partial charge on any atom is -0.508 e. The number of carbonyl (C=O) groups excluding carboxylic acids is 1. The van der Waals surface area contributed by atoms with E-state index in [0.717, 1.165) is 0 Å². The Morgan fingerprint density at radius 1 is 1.38 bits per heavy atom. The second-order valence-electron chi connectivity index (χ2n) is 4.29. The van der Waals surface area contributed by atoms with E-state index in [4.69, 9.17) is 0 Å². The molecule has 21 heavy (non-hydrogen) atoms. The molecule has 1 heterocycles. The first-order chi connectivity index (χ1) is 10.1. The van der Waals surface area contributed by atoms with Crippen LogP contribution >= 0.6 is 11.8 Å². The van der Waals surface area contributed by atoms with Gasteiger partial charge in [-0.1, -0.05) is 18.7 Å². The number of H-pyrrole nitrogens is 1. The van der Waals surface area contributed by atoms with Crippen molar-refractivity contribution in [2.24, 2.45) is 0 Å². The maximum absolute atomic E-state index is 12.2. The van der Waals surface area contributed by atoms with Crippen molar-refractivity contribution < 1.29 is 9.90 Å². The summed E-state index contributed by atoms with van der Waals surface area (Å²) in [7, 11) is 0. The Morgan fingerprint density at radius 2 is 2.10 bits per heavy atom. The average Bonchev–Trinajstić information content (AvgIpc) is 2.47. The van der Waals surface area contributed by atoms with Crippen molar-refractivity contribution in [3.63, 3.8) is 0 Å². The first kappa shape index (κ1) is 15.1. The summed E-state index contributed by atoms with van der Waals surface area (Å²) in [5, 5.41) is 12.0. The van der Waals surface area contributed by atoms with Gasteiger partial charge in [0.1, 0.15) is 5.75 Å². The van der Waals surface area contributed by atoms with Crippen LogP contribution in [0.3, 0.4) is 0 Å². The Balaban J connectivity index is 2.04. The number of rotatable bonds is 5. The fourth-order valence-corrected chi connectivity index (χ4v) is 2.52. The molecule has 110 valence electrons. The molecule has 6 nitrogen and oxygen atoms in total. The Kier molecular flexibility index (Phi) is 4.99. The summed E-state index contributed by atoms with van der Waals surface area (Å²) in [5.41, 5.74) is 0.354. The molecule has 0 radical (unpaired) electrons. The second-order valence-corrected chi connectivity index (χ2v) is 5.48. The number of benzene rings is 1. The molecule has 2 aromatic rings. The molecule has 0 saturated carbocycles. The number of phenolic OH excluding ortho intramolecular Hbond substituents is 1. The van der Waals surface area contributed by atoms with Crippen molar-refractivity contribution in [2.45, 2.75) is 23.8 Å². The Bertz CT molecular complexity index is 670. The van der Waals surface area contributed by atoms with Crippen molar-refractivity contribution in [2.75, 3.05) is 5.32 Å². The van der Waals surface area contributed by atoms with Crippen LogP contribution in [-0.4, -0.2) is 26.2 Å². The van der Waals surface area contributed by atoms with Crippen LogP contribution in [-0.2, 0) is 4.79 Å². The number of carbonyl (C=O) groups is 1. The zero-order valence-electron chi connectivity index (χ0n) is 11.4. The molecule has 1 aromatic carbocycles. The van der Waals surface area contributed by atoms with Crippen LogP contribution in [0.2, 0.25) is 0 Å². The van der Waals surface area contributed by atoms with Crippen molar-refractivity contribution >= 4 is 23.4 Å². The predicted octanol–water partition coefficient (Wildman–Crippen LogP) is 1.98. The number of nitrogens with one attached hydrogen (secondary N) is 2. The summed E-state index contributed by atoms with van der Waals surface area (Å²) in [6.07, 6.45) is 2.00. The molecule has 0 bridgehead atoms. The molecule has 1 unspecified atom stereocenters. The van der Waals surface area contributed by atoms with Gasteiger partial charge in [-0.3, -0.25) is 9.59 Å². The van der Waals surface area contributed by atoms with Crippen LogP contribution in [0.4, 0.5) is 5.69 Å². The van der Waals surface area contributed by atoms with E-state index in [0.29, 0.717) is 17.3 Å². The molecule has 0 aliphatic heterocycles. The van der Waals surface area contributed by atoms with E-state index in [1.165, 1.54) is 36.2 Å². The molecule has 1 aromatic heterocycles. The van der Waals surface area contributed by atoms with Crippen LogP contribution in [0.15, 0.2) is 46.5 Å². The second kappa shape index (κ2) is 6.94. The van der Waals surface area contributed by atoms with E-state index in [1.54, 1.807) is 12.1 Å². The van der Waals surface area contributed by atoms with Gasteiger partial charge in [-0.25, -0.2) is 4.98 Å². The maximum atomic E-state index is 12.2. The first-order valence-corrected chi connectivity index (χ1v) is 7.28. The third kappa shape index (κ3) is 4.35. The highest BCUT2D eigenvalue weighted by Gasteiger charge is 2.19. The van der Waals surface area contributed by atoms with Crippen LogP contribution in [0.25, 0.3) is 0 Å². The van der Waals surface area contributed by atoms with Crippen LogP contribution < -0.4 is 10.9 Å². The van der Waals surface area contributed by atoms with Gasteiger partial charge in [0.25, 0.3) is 5.56 Å². The summed E-state index contributed by atoms with van der Waals surface area (Å²) in [4.78, 5) is 30.0. The molecule has 1 atom stereocenters. The van der Waals surface area contributed by atoms with Gasteiger partial charge in [0.15, 0.2) is 5.16 Å². The lowest BCUT2D eigenvalue weighted by molar-refractivity contribution is -0.115. The molecule has 7 heteroatoms. The van der Waals surface area contributed by atoms with Gasteiger partial charge < -0.3 is 15.4 Å². The van der Waals surface area contributed by atoms with Gasteiger partial charge in [-0.2, -0.15) is 0 Å². The molecule has 0 aliphatic carbocycles. The van der Waals surface area contributed by atoms with Gasteiger partial charge in [0.05, 0.1) is 5.25 Å². The molecule has 0 spiro atoms. The molecule has 0 fully saturated rings. The number of phenols is 1. The molecular formula is C14H15N3O3S. The van der Waals surface area contributed by atoms with Crippen molar-refractivity contribution in [1.82, 2.24) is 9.97 Å². The molecule has 2 rings (SSSR count). The van der Waals surface area contributed by atoms with E-state index in [1.807, 2.05) is 6.92 Å². The zero-order chi connectivity index (χ0) is 15.2.